The molecule has 0 spiro atoms. The summed E-state index contributed by atoms with van der Waals surface area (Å²) >= 11 is 6.05. The van der Waals surface area contributed by atoms with Gasteiger partial charge in [-0.25, -0.2) is 0 Å². The maximum Gasteiger partial charge on any atom is 0.251 e. The Hall–Kier alpha value is -6.98. The minimum atomic E-state index is -1.46. The van der Waals surface area contributed by atoms with Gasteiger partial charge in [-0.3, -0.25) is 33.6 Å². The molecule has 4 aromatic carbocycles. The highest BCUT2D eigenvalue weighted by Crippen LogP contribution is 2.39. The van der Waals surface area contributed by atoms with E-state index in [4.69, 9.17) is 23.1 Å². The van der Waals surface area contributed by atoms with Gasteiger partial charge in [-0.15, -0.1) is 0 Å². The zero-order chi connectivity index (χ0) is 48.5. The molecular weight excluding hydrogens is 880 g/mol. The molecule has 67 heavy (non-hydrogen) atoms. The van der Waals surface area contributed by atoms with E-state index >= 15 is 0 Å². The topological polar surface area (TPSA) is 267 Å². The lowest BCUT2D eigenvalue weighted by Crippen LogP contribution is -2.58. The number of primary amides is 1. The smallest absolute Gasteiger partial charge is 0.251 e. The van der Waals surface area contributed by atoms with Crippen molar-refractivity contribution in [2.45, 2.75) is 95.0 Å². The Morgan fingerprint density at radius 3 is 2.13 bits per heavy atom. The summed E-state index contributed by atoms with van der Waals surface area (Å²) in [5.74, 6) is -5.20. The van der Waals surface area contributed by atoms with Crippen LogP contribution in [0.5, 0.6) is 11.5 Å². The van der Waals surface area contributed by atoms with Crippen molar-refractivity contribution in [2.24, 2.45) is 11.5 Å². The van der Waals surface area contributed by atoms with E-state index in [1.54, 1.807) is 43.3 Å². The Balaban J connectivity index is 1.30. The van der Waals surface area contributed by atoms with E-state index in [0.717, 1.165) is 16.0 Å². The predicted octanol–water partition coefficient (Wildman–Crippen LogP) is 3.43. The Morgan fingerprint density at radius 2 is 1.49 bits per heavy atom. The number of hydrogen-bond donors (Lipinski definition) is 8. The predicted molar refractivity (Wildman–Crippen MR) is 251 cm³/mol. The molecule has 2 heterocycles. The zero-order valence-corrected chi connectivity index (χ0v) is 38.3. The average molecular weight is 937 g/mol. The highest BCUT2D eigenvalue weighted by molar-refractivity contribution is 6.30. The van der Waals surface area contributed by atoms with Crippen LogP contribution in [0.2, 0.25) is 5.02 Å². The van der Waals surface area contributed by atoms with Crippen LogP contribution in [0.15, 0.2) is 84.9 Å². The molecular formula is C49H57ClN8O9. The van der Waals surface area contributed by atoms with Gasteiger partial charge in [0.05, 0.1) is 0 Å². The van der Waals surface area contributed by atoms with Gasteiger partial charge in [0.15, 0.2) is 0 Å². The number of carbonyl (C=O) groups is 7. The molecule has 0 aromatic heterocycles. The summed E-state index contributed by atoms with van der Waals surface area (Å²) < 4.78 is 0. The van der Waals surface area contributed by atoms with Crippen molar-refractivity contribution in [3.05, 3.63) is 107 Å². The summed E-state index contributed by atoms with van der Waals surface area (Å²) in [6.07, 6.45) is 2.14. The lowest BCUT2D eigenvalue weighted by Gasteiger charge is -2.32. The highest BCUT2D eigenvalue weighted by Gasteiger charge is 2.39. The zero-order valence-electron chi connectivity index (χ0n) is 37.6. The molecule has 4 aromatic rings. The van der Waals surface area contributed by atoms with E-state index in [1.807, 2.05) is 12.1 Å². The van der Waals surface area contributed by atoms with E-state index in [-0.39, 0.29) is 59.6 Å². The van der Waals surface area contributed by atoms with Crippen LogP contribution in [0.4, 0.5) is 0 Å². The van der Waals surface area contributed by atoms with Gasteiger partial charge in [-0.2, -0.15) is 0 Å². The van der Waals surface area contributed by atoms with Crippen molar-refractivity contribution in [3.63, 3.8) is 0 Å². The quantitative estimate of drug-likeness (QED) is 0.0854. The maximum atomic E-state index is 14.6. The van der Waals surface area contributed by atoms with E-state index < -0.39 is 77.6 Å². The number of hydrogen-bond acceptors (Lipinski definition) is 10. The number of phenolic OH excluding ortho intramolecular Hbond substituents is 2. The summed E-state index contributed by atoms with van der Waals surface area (Å²) in [7, 11) is 1.38. The van der Waals surface area contributed by atoms with Crippen LogP contribution in [0.1, 0.15) is 79.9 Å². The number of phenols is 2. The molecule has 0 radical (unpaired) electrons. The summed E-state index contributed by atoms with van der Waals surface area (Å²) in [5.41, 5.74) is 14.2. The number of rotatable bonds is 14. The van der Waals surface area contributed by atoms with Gasteiger partial charge in [0.25, 0.3) is 5.91 Å². The summed E-state index contributed by atoms with van der Waals surface area (Å²) in [4.78, 5) is 99.2. The third-order valence-corrected chi connectivity index (χ3v) is 12.5. The van der Waals surface area contributed by atoms with Crippen molar-refractivity contribution in [1.29, 1.82) is 0 Å². The summed E-state index contributed by atoms with van der Waals surface area (Å²) in [6, 6.07) is 15.6. The lowest BCUT2D eigenvalue weighted by molar-refractivity contribution is -0.142. The number of amides is 7. The molecule has 7 amide bonds. The lowest BCUT2D eigenvalue weighted by atomic mass is 9.93. The molecule has 10 N–H and O–H groups in total. The molecule has 6 rings (SSSR count). The second kappa shape index (κ2) is 22.0. The van der Waals surface area contributed by atoms with Crippen molar-refractivity contribution in [1.82, 2.24) is 31.1 Å². The first kappa shape index (κ1) is 49.5. The van der Waals surface area contributed by atoms with Gasteiger partial charge in [-0.05, 0) is 123 Å². The van der Waals surface area contributed by atoms with E-state index in [1.165, 1.54) is 55.3 Å². The molecule has 0 aliphatic carbocycles. The summed E-state index contributed by atoms with van der Waals surface area (Å²) in [6.45, 7) is 3.71. The van der Waals surface area contributed by atoms with Gasteiger partial charge < -0.3 is 52.7 Å². The number of fused-ring (bicyclic) bond motifs is 5. The minimum Gasteiger partial charge on any atom is -0.507 e. The van der Waals surface area contributed by atoms with Crippen LogP contribution in [0, 0.1) is 0 Å². The molecule has 18 heteroatoms. The second-order valence-corrected chi connectivity index (χ2v) is 17.4. The fourth-order valence-corrected chi connectivity index (χ4v) is 8.60. The molecule has 354 valence electrons. The fourth-order valence-electron chi connectivity index (χ4n) is 8.47. The van der Waals surface area contributed by atoms with Crippen molar-refractivity contribution < 1.29 is 43.8 Å². The Morgan fingerprint density at radius 1 is 0.851 bits per heavy atom. The van der Waals surface area contributed by atoms with Crippen LogP contribution in [-0.4, -0.2) is 112 Å². The molecule has 1 saturated heterocycles. The first-order valence-electron chi connectivity index (χ1n) is 22.3. The molecule has 2 aliphatic rings. The molecule has 0 unspecified atom stereocenters. The third-order valence-electron chi connectivity index (χ3n) is 12.3. The normalized spacial score (nSPS) is 19.2. The highest BCUT2D eigenvalue weighted by atomic mass is 35.5. The monoisotopic (exact) mass is 936 g/mol. The minimum absolute atomic E-state index is 0.0896. The number of nitrogens with zero attached hydrogens (tertiary/aromatic N) is 2. The van der Waals surface area contributed by atoms with Crippen LogP contribution in [0.25, 0.3) is 22.3 Å². The third kappa shape index (κ3) is 11.7. The molecule has 2 aliphatic heterocycles. The van der Waals surface area contributed by atoms with Gasteiger partial charge >= 0.3 is 0 Å². The Bertz CT molecular complexity index is 2500. The number of aromatic hydroxyl groups is 2. The number of unbranched alkanes of at least 4 members (excludes halogenated alkanes) is 1. The van der Waals surface area contributed by atoms with Crippen LogP contribution < -0.4 is 32.7 Å². The Labute approximate surface area is 393 Å². The molecule has 1 fully saturated rings. The number of nitrogens with two attached hydrogens (primary N) is 2. The first-order chi connectivity index (χ1) is 32.0. The molecule has 0 saturated carbocycles. The van der Waals surface area contributed by atoms with Crippen LogP contribution in [-0.2, 0) is 35.2 Å². The number of benzene rings is 4. The SMILES string of the molecule is CC[C@H](NC(=O)[C@@H]1Cc2ccc(O)c(c2)-c2cc(ccc2O)[C@H](N(C)C(=O)[C@H](CCCCN)NC(=O)c2ccc(-c3ccc(Cl)cc3)cc2)C(=O)N[C@@H](C)C(=O)N1)C(=O)N1CCC[C@H]1C(N)=O. The number of halogens is 1. The van der Waals surface area contributed by atoms with E-state index in [9.17, 15) is 43.8 Å². The number of likely N-dealkylation sites (tertiary alicyclic amines) is 1. The van der Waals surface area contributed by atoms with Crippen molar-refractivity contribution in [3.8, 4) is 33.8 Å². The average Bonchev–Trinajstić information content (AvgIpc) is 3.82. The fraction of sp³-hybridized carbons (Fsp3) is 0.367. The second-order valence-electron chi connectivity index (χ2n) is 16.9. The van der Waals surface area contributed by atoms with E-state index in [0.29, 0.717) is 42.8 Å². The van der Waals surface area contributed by atoms with Crippen LogP contribution >= 0.6 is 11.6 Å². The number of nitrogens with one attached hydrogen (secondary N) is 4. The van der Waals surface area contributed by atoms with Gasteiger partial charge in [0.1, 0.15) is 47.8 Å². The number of carbonyl (C=O) groups excluding carboxylic acids is 7. The molecule has 6 atom stereocenters. The van der Waals surface area contributed by atoms with Crippen molar-refractivity contribution in [2.75, 3.05) is 20.1 Å². The Kier molecular flexibility index (Phi) is 16.2. The summed E-state index contributed by atoms with van der Waals surface area (Å²) in [5, 5.41) is 33.9. The van der Waals surface area contributed by atoms with Gasteiger partial charge in [-0.1, -0.05) is 54.9 Å². The van der Waals surface area contributed by atoms with E-state index in [2.05, 4.69) is 21.3 Å². The maximum absolute atomic E-state index is 14.6. The largest absolute Gasteiger partial charge is 0.507 e. The van der Waals surface area contributed by atoms with Crippen molar-refractivity contribution >= 4 is 53.0 Å². The van der Waals surface area contributed by atoms with Crippen LogP contribution in [0.3, 0.4) is 0 Å². The van der Waals surface area contributed by atoms with Gasteiger partial charge in [0, 0.05) is 41.7 Å². The standard InChI is InChI=1S/C49H57ClN8O9/c1-4-36(49(67)58-23-7-9-39(58)43(52)61)54-46(64)38-25-28-10-20-40(59)34(24-28)35-26-32(17-21-41(35)60)42(47(65)53-27(2)44(62)56-38)57(3)48(66)37(8-5-6-22-51)55-45(63)31-13-11-29(12-14-31)30-15-18-33(50)19-16-30/h10-21,24,26-27,36-39,42,59-60H,4-9,22-23,25,51H2,1-3H3,(H2,52,61)(H,53,65)(H,54,64)(H,55,63)(H,56,62)/t27-,36-,37-,38-,39-,42-/m0/s1. The number of likely N-dealkylation sites (N-methyl/N-ethyl adjacent to an activating group) is 1. The molecule has 4 bridgehead atoms. The first-order valence-corrected chi connectivity index (χ1v) is 22.7. The van der Waals surface area contributed by atoms with Gasteiger partial charge in [0.2, 0.25) is 35.4 Å². The molecule has 17 nitrogen and oxygen atoms in total.